The quantitative estimate of drug-likeness (QED) is 0.761. The Labute approximate surface area is 135 Å². The molecule has 118 valence electrons. The second kappa shape index (κ2) is 6.67. The van der Waals surface area contributed by atoms with Crippen molar-refractivity contribution in [1.29, 1.82) is 0 Å². The number of hydrogen-bond donors (Lipinski definition) is 2. The molecule has 0 saturated heterocycles. The molecule has 0 bridgehead atoms. The number of aromatic nitrogens is 1. The summed E-state index contributed by atoms with van der Waals surface area (Å²) >= 11 is 0. The second-order valence-corrected chi connectivity index (χ2v) is 5.60. The van der Waals surface area contributed by atoms with Gasteiger partial charge in [-0.3, -0.25) is 4.79 Å². The summed E-state index contributed by atoms with van der Waals surface area (Å²) in [6.45, 7) is 0.0228. The third-order valence-corrected chi connectivity index (χ3v) is 4.11. The molecule has 0 aliphatic rings. The maximum Gasteiger partial charge on any atom is 0.268 e. The monoisotopic (exact) mass is 308 g/mol. The highest BCUT2D eigenvalue weighted by molar-refractivity contribution is 5.98. The minimum absolute atomic E-state index is 0.0228. The predicted molar refractivity (Wildman–Crippen MR) is 91.3 cm³/mol. The first-order chi connectivity index (χ1) is 11.2. The second-order valence-electron chi connectivity index (χ2n) is 5.60. The number of benzene rings is 2. The zero-order valence-corrected chi connectivity index (χ0v) is 13.1. The number of aliphatic hydroxyl groups excluding tert-OH is 1. The molecule has 0 spiro atoms. The highest BCUT2D eigenvalue weighted by Crippen LogP contribution is 2.21. The van der Waals surface area contributed by atoms with Crippen LogP contribution in [0, 0.1) is 0 Å². The topological polar surface area (TPSA) is 54.3 Å². The molecule has 0 saturated carbocycles. The molecule has 1 amide bonds. The molecule has 4 heteroatoms. The van der Waals surface area contributed by atoms with Gasteiger partial charge in [0, 0.05) is 24.6 Å². The van der Waals surface area contributed by atoms with Crippen LogP contribution in [0.15, 0.2) is 60.7 Å². The number of hydrogen-bond acceptors (Lipinski definition) is 2. The minimum Gasteiger partial charge on any atom is -0.396 e. The lowest BCUT2D eigenvalue weighted by molar-refractivity contribution is 0.0922. The Morgan fingerprint density at radius 1 is 1.13 bits per heavy atom. The SMILES string of the molecule is Cn1c(C(=O)NC(CCO)c2ccccc2)cc2ccccc21. The number of carbonyl (C=O) groups is 1. The van der Waals surface area contributed by atoms with Crippen LogP contribution in [0.2, 0.25) is 0 Å². The van der Waals surface area contributed by atoms with Gasteiger partial charge in [0.25, 0.3) is 5.91 Å². The van der Waals surface area contributed by atoms with E-state index in [1.807, 2.05) is 72.3 Å². The maximum atomic E-state index is 12.7. The summed E-state index contributed by atoms with van der Waals surface area (Å²) in [6.07, 6.45) is 0.486. The van der Waals surface area contributed by atoms with Crippen LogP contribution in [-0.2, 0) is 7.05 Å². The summed E-state index contributed by atoms with van der Waals surface area (Å²) in [5, 5.41) is 13.4. The first-order valence-corrected chi connectivity index (χ1v) is 7.72. The smallest absolute Gasteiger partial charge is 0.268 e. The molecule has 0 radical (unpaired) electrons. The van der Waals surface area contributed by atoms with Gasteiger partial charge < -0.3 is 15.0 Å². The number of nitrogens with zero attached hydrogens (tertiary/aromatic N) is 1. The van der Waals surface area contributed by atoms with E-state index in [2.05, 4.69) is 5.32 Å². The molecule has 0 fully saturated rings. The van der Waals surface area contributed by atoms with Crippen LogP contribution in [0.5, 0.6) is 0 Å². The minimum atomic E-state index is -0.202. The number of aryl methyl sites for hydroxylation is 1. The molecule has 3 rings (SSSR count). The summed E-state index contributed by atoms with van der Waals surface area (Å²) in [6, 6.07) is 19.3. The molecule has 2 N–H and O–H groups in total. The van der Waals surface area contributed by atoms with E-state index < -0.39 is 0 Å². The Bertz CT molecular complexity index is 809. The standard InChI is InChI=1S/C19H20N2O2/c1-21-17-10-6-5-9-15(17)13-18(21)19(23)20-16(11-12-22)14-7-3-2-4-8-14/h2-10,13,16,22H,11-12H2,1H3,(H,20,23). The molecule has 1 aromatic heterocycles. The molecule has 1 unspecified atom stereocenters. The van der Waals surface area contributed by atoms with Gasteiger partial charge in [-0.1, -0.05) is 48.5 Å². The van der Waals surface area contributed by atoms with E-state index >= 15 is 0 Å². The van der Waals surface area contributed by atoms with Crippen molar-refractivity contribution < 1.29 is 9.90 Å². The van der Waals surface area contributed by atoms with Crippen molar-refractivity contribution in [2.75, 3.05) is 6.61 Å². The highest BCUT2D eigenvalue weighted by atomic mass is 16.3. The van der Waals surface area contributed by atoms with Gasteiger partial charge in [0.1, 0.15) is 5.69 Å². The van der Waals surface area contributed by atoms with E-state index in [0.717, 1.165) is 16.5 Å². The van der Waals surface area contributed by atoms with Crippen LogP contribution in [0.1, 0.15) is 28.5 Å². The number of carbonyl (C=O) groups excluding carboxylic acids is 1. The van der Waals surface area contributed by atoms with E-state index in [1.165, 1.54) is 0 Å². The van der Waals surface area contributed by atoms with E-state index in [4.69, 9.17) is 0 Å². The van der Waals surface area contributed by atoms with Crippen molar-refractivity contribution >= 4 is 16.8 Å². The van der Waals surface area contributed by atoms with Crippen LogP contribution in [0.25, 0.3) is 10.9 Å². The highest BCUT2D eigenvalue weighted by Gasteiger charge is 2.18. The molecule has 1 atom stereocenters. The molecule has 3 aromatic rings. The van der Waals surface area contributed by atoms with Gasteiger partial charge in [0.2, 0.25) is 0 Å². The van der Waals surface area contributed by atoms with E-state index in [1.54, 1.807) is 0 Å². The van der Waals surface area contributed by atoms with Crippen molar-refractivity contribution in [3.63, 3.8) is 0 Å². The third-order valence-electron chi connectivity index (χ3n) is 4.11. The molecule has 0 aliphatic heterocycles. The van der Waals surface area contributed by atoms with Crippen molar-refractivity contribution in [3.05, 3.63) is 71.9 Å². The summed E-state index contributed by atoms with van der Waals surface area (Å²) < 4.78 is 1.89. The zero-order chi connectivity index (χ0) is 16.2. The average molecular weight is 308 g/mol. The maximum absolute atomic E-state index is 12.7. The first-order valence-electron chi connectivity index (χ1n) is 7.72. The summed E-state index contributed by atoms with van der Waals surface area (Å²) in [5.74, 6) is -0.133. The van der Waals surface area contributed by atoms with Crippen LogP contribution in [-0.4, -0.2) is 22.2 Å². The largest absolute Gasteiger partial charge is 0.396 e. The molecule has 2 aromatic carbocycles. The molecule has 1 heterocycles. The first kappa shape index (κ1) is 15.3. The van der Waals surface area contributed by atoms with E-state index in [9.17, 15) is 9.90 Å². The van der Waals surface area contributed by atoms with Crippen molar-refractivity contribution in [2.24, 2.45) is 7.05 Å². The van der Waals surface area contributed by atoms with Crippen LogP contribution >= 0.6 is 0 Å². The Kier molecular flexibility index (Phi) is 4.44. The molecule has 4 nitrogen and oxygen atoms in total. The predicted octanol–water partition coefficient (Wildman–Crippen LogP) is 3.03. The lowest BCUT2D eigenvalue weighted by Gasteiger charge is -2.18. The zero-order valence-electron chi connectivity index (χ0n) is 13.1. The van der Waals surface area contributed by atoms with Gasteiger partial charge in [0.05, 0.1) is 6.04 Å². The average Bonchev–Trinajstić information content (AvgIpc) is 2.93. The third kappa shape index (κ3) is 3.12. The Balaban J connectivity index is 1.87. The number of rotatable bonds is 5. The number of nitrogens with one attached hydrogen (secondary N) is 1. The van der Waals surface area contributed by atoms with Gasteiger partial charge in [-0.15, -0.1) is 0 Å². The summed E-state index contributed by atoms with van der Waals surface area (Å²) in [7, 11) is 1.89. The fraction of sp³-hybridized carbons (Fsp3) is 0.211. The number of amides is 1. The molecule has 23 heavy (non-hydrogen) atoms. The Hall–Kier alpha value is -2.59. The number of fused-ring (bicyclic) bond motifs is 1. The van der Waals surface area contributed by atoms with E-state index in [0.29, 0.717) is 12.1 Å². The lowest BCUT2D eigenvalue weighted by Crippen LogP contribution is -2.30. The summed E-state index contributed by atoms with van der Waals surface area (Å²) in [4.78, 5) is 12.7. The van der Waals surface area contributed by atoms with Crippen molar-refractivity contribution in [1.82, 2.24) is 9.88 Å². The molecular formula is C19H20N2O2. The van der Waals surface area contributed by atoms with Crippen molar-refractivity contribution in [2.45, 2.75) is 12.5 Å². The molecule has 0 aliphatic carbocycles. The summed E-state index contributed by atoms with van der Waals surface area (Å²) in [5.41, 5.74) is 2.63. The van der Waals surface area contributed by atoms with Gasteiger partial charge >= 0.3 is 0 Å². The number of para-hydroxylation sites is 1. The Morgan fingerprint density at radius 2 is 1.83 bits per heavy atom. The Morgan fingerprint density at radius 3 is 2.52 bits per heavy atom. The van der Waals surface area contributed by atoms with Gasteiger partial charge in [-0.2, -0.15) is 0 Å². The van der Waals surface area contributed by atoms with Gasteiger partial charge in [-0.25, -0.2) is 0 Å². The van der Waals surface area contributed by atoms with Gasteiger partial charge in [0.15, 0.2) is 0 Å². The van der Waals surface area contributed by atoms with Crippen LogP contribution < -0.4 is 5.32 Å². The fourth-order valence-corrected chi connectivity index (χ4v) is 2.88. The van der Waals surface area contributed by atoms with Crippen LogP contribution in [0.4, 0.5) is 0 Å². The fourth-order valence-electron chi connectivity index (χ4n) is 2.88. The number of aliphatic hydroxyl groups is 1. The lowest BCUT2D eigenvalue weighted by atomic mass is 10.0. The normalized spacial score (nSPS) is 12.3. The molecular weight excluding hydrogens is 288 g/mol. The van der Waals surface area contributed by atoms with E-state index in [-0.39, 0.29) is 18.6 Å². The van der Waals surface area contributed by atoms with Gasteiger partial charge in [-0.05, 0) is 24.1 Å². The van der Waals surface area contributed by atoms with Crippen molar-refractivity contribution in [3.8, 4) is 0 Å². The van der Waals surface area contributed by atoms with Crippen LogP contribution in [0.3, 0.4) is 0 Å².